The van der Waals surface area contributed by atoms with E-state index in [1.165, 1.54) is 4.90 Å². The van der Waals surface area contributed by atoms with Crippen molar-refractivity contribution in [2.45, 2.75) is 38.1 Å². The first-order valence-corrected chi connectivity index (χ1v) is 6.84. The van der Waals surface area contributed by atoms with Crippen LogP contribution in [0.25, 0.3) is 0 Å². The van der Waals surface area contributed by atoms with Gasteiger partial charge in [0.25, 0.3) is 0 Å². The lowest BCUT2D eigenvalue weighted by Crippen LogP contribution is -2.37. The third-order valence-electron chi connectivity index (χ3n) is 3.60. The van der Waals surface area contributed by atoms with Crippen LogP contribution in [0.4, 0.5) is 5.69 Å². The lowest BCUT2D eigenvalue weighted by atomic mass is 9.97. The molecule has 5 heteroatoms. The topological polar surface area (TPSA) is 83.6 Å². The predicted molar refractivity (Wildman–Crippen MR) is 76.3 cm³/mol. The summed E-state index contributed by atoms with van der Waals surface area (Å²) in [5.74, 6) is -0.984. The summed E-state index contributed by atoms with van der Waals surface area (Å²) in [6.07, 6.45) is 2.15. The van der Waals surface area contributed by atoms with E-state index in [9.17, 15) is 9.59 Å². The molecule has 0 aromatic heterocycles. The second kappa shape index (κ2) is 5.94. The Morgan fingerprint density at radius 2 is 1.95 bits per heavy atom. The van der Waals surface area contributed by atoms with Crippen molar-refractivity contribution in [3.05, 3.63) is 29.8 Å². The number of carbonyl (C=O) groups excluding carboxylic acids is 1. The summed E-state index contributed by atoms with van der Waals surface area (Å²) in [4.78, 5) is 24.6. The summed E-state index contributed by atoms with van der Waals surface area (Å²) >= 11 is 0. The van der Waals surface area contributed by atoms with Crippen molar-refractivity contribution < 1.29 is 14.7 Å². The molecule has 1 aliphatic carbocycles. The molecule has 1 amide bonds. The summed E-state index contributed by atoms with van der Waals surface area (Å²) in [5, 5.41) is 8.88. The van der Waals surface area contributed by atoms with E-state index < -0.39 is 5.97 Å². The second-order valence-electron chi connectivity index (χ2n) is 5.42. The SMILES string of the molecule is CC(CC(=O)N(CC(=O)O)C1CC1)c1ccc(N)cc1. The molecule has 0 spiro atoms. The Hall–Kier alpha value is -2.04. The molecule has 0 bridgehead atoms. The molecular formula is C15H20N2O3. The van der Waals surface area contributed by atoms with Crippen molar-refractivity contribution >= 4 is 17.6 Å². The number of rotatable bonds is 6. The van der Waals surface area contributed by atoms with Crippen LogP contribution in [0.1, 0.15) is 37.7 Å². The molecule has 1 unspecified atom stereocenters. The first-order valence-electron chi connectivity index (χ1n) is 6.84. The van der Waals surface area contributed by atoms with Crippen molar-refractivity contribution in [2.75, 3.05) is 12.3 Å². The van der Waals surface area contributed by atoms with Gasteiger partial charge in [0.1, 0.15) is 6.54 Å². The summed E-state index contributed by atoms with van der Waals surface area (Å²) < 4.78 is 0. The highest BCUT2D eigenvalue weighted by molar-refractivity contribution is 5.82. The van der Waals surface area contributed by atoms with Gasteiger partial charge in [0.15, 0.2) is 0 Å². The Kier molecular flexibility index (Phi) is 4.27. The van der Waals surface area contributed by atoms with Gasteiger partial charge in [-0.1, -0.05) is 19.1 Å². The third kappa shape index (κ3) is 3.73. The molecule has 1 fully saturated rings. The van der Waals surface area contributed by atoms with Gasteiger partial charge in [-0.25, -0.2) is 0 Å². The van der Waals surface area contributed by atoms with Crippen LogP contribution in [0.3, 0.4) is 0 Å². The van der Waals surface area contributed by atoms with Crippen molar-refractivity contribution in [3.8, 4) is 0 Å². The molecule has 2 rings (SSSR count). The van der Waals surface area contributed by atoms with Crippen LogP contribution >= 0.6 is 0 Å². The van der Waals surface area contributed by atoms with Gasteiger partial charge in [-0.3, -0.25) is 9.59 Å². The average Bonchev–Trinajstić information content (AvgIpc) is 3.20. The monoisotopic (exact) mass is 276 g/mol. The highest BCUT2D eigenvalue weighted by Gasteiger charge is 2.34. The van der Waals surface area contributed by atoms with Crippen LogP contribution in [0.15, 0.2) is 24.3 Å². The number of benzene rings is 1. The fraction of sp³-hybridized carbons (Fsp3) is 0.467. The standard InChI is InChI=1S/C15H20N2O3/c1-10(11-2-4-12(16)5-3-11)8-14(18)17(9-15(19)20)13-6-7-13/h2-5,10,13H,6-9,16H2,1H3,(H,19,20). The maximum atomic E-state index is 12.2. The molecule has 1 saturated carbocycles. The van der Waals surface area contributed by atoms with Gasteiger partial charge >= 0.3 is 5.97 Å². The summed E-state index contributed by atoms with van der Waals surface area (Å²) in [6.45, 7) is 1.77. The zero-order valence-electron chi connectivity index (χ0n) is 11.6. The Balaban J connectivity index is 1.98. The van der Waals surface area contributed by atoms with Crippen LogP contribution < -0.4 is 5.73 Å². The second-order valence-corrected chi connectivity index (χ2v) is 5.42. The third-order valence-corrected chi connectivity index (χ3v) is 3.60. The van der Waals surface area contributed by atoms with Gasteiger partial charge in [-0.2, -0.15) is 0 Å². The van der Waals surface area contributed by atoms with E-state index in [0.717, 1.165) is 18.4 Å². The van der Waals surface area contributed by atoms with E-state index in [-0.39, 0.29) is 24.4 Å². The maximum absolute atomic E-state index is 12.2. The number of anilines is 1. The van der Waals surface area contributed by atoms with Crippen LogP contribution in [0.5, 0.6) is 0 Å². The highest BCUT2D eigenvalue weighted by Crippen LogP contribution is 2.29. The Bertz CT molecular complexity index is 494. The zero-order valence-corrected chi connectivity index (χ0v) is 11.6. The number of carboxylic acid groups (broad SMARTS) is 1. The van der Waals surface area contributed by atoms with Gasteiger partial charge in [-0.05, 0) is 36.5 Å². The predicted octanol–water partition coefficient (Wildman–Crippen LogP) is 1.84. The molecule has 0 heterocycles. The number of carbonyl (C=O) groups is 2. The summed E-state index contributed by atoms with van der Waals surface area (Å²) in [7, 11) is 0. The number of aliphatic carboxylic acids is 1. The molecule has 0 radical (unpaired) electrons. The van der Waals surface area contributed by atoms with Crippen LogP contribution in [-0.2, 0) is 9.59 Å². The number of amides is 1. The molecule has 20 heavy (non-hydrogen) atoms. The smallest absolute Gasteiger partial charge is 0.323 e. The molecular weight excluding hydrogens is 256 g/mol. The molecule has 0 aliphatic heterocycles. The van der Waals surface area contributed by atoms with E-state index in [0.29, 0.717) is 12.1 Å². The average molecular weight is 276 g/mol. The van der Waals surface area contributed by atoms with E-state index in [2.05, 4.69) is 0 Å². The van der Waals surface area contributed by atoms with Crippen LogP contribution in [0.2, 0.25) is 0 Å². The molecule has 5 nitrogen and oxygen atoms in total. The first-order chi connectivity index (χ1) is 9.47. The normalized spacial score (nSPS) is 15.7. The lowest BCUT2D eigenvalue weighted by Gasteiger charge is -2.22. The van der Waals surface area contributed by atoms with Crippen LogP contribution in [-0.4, -0.2) is 34.5 Å². The minimum Gasteiger partial charge on any atom is -0.480 e. The zero-order chi connectivity index (χ0) is 14.7. The minimum atomic E-state index is -0.953. The summed E-state index contributed by atoms with van der Waals surface area (Å²) in [5.41, 5.74) is 7.37. The number of nitrogens with two attached hydrogens (primary N) is 1. The summed E-state index contributed by atoms with van der Waals surface area (Å²) in [6, 6.07) is 7.56. The number of carboxylic acids is 1. The maximum Gasteiger partial charge on any atom is 0.323 e. The van der Waals surface area contributed by atoms with E-state index in [4.69, 9.17) is 10.8 Å². The van der Waals surface area contributed by atoms with E-state index in [1.807, 2.05) is 31.2 Å². The fourth-order valence-electron chi connectivity index (χ4n) is 2.27. The number of hydrogen-bond donors (Lipinski definition) is 2. The van der Waals surface area contributed by atoms with Crippen molar-refractivity contribution in [3.63, 3.8) is 0 Å². The molecule has 1 aromatic rings. The van der Waals surface area contributed by atoms with Crippen LogP contribution in [0, 0.1) is 0 Å². The number of nitrogens with zero attached hydrogens (tertiary/aromatic N) is 1. The Labute approximate surface area is 118 Å². The van der Waals surface area contributed by atoms with Gasteiger partial charge in [0, 0.05) is 18.2 Å². The molecule has 3 N–H and O–H groups in total. The minimum absolute atomic E-state index is 0.0538. The quantitative estimate of drug-likeness (QED) is 0.776. The molecule has 1 aliphatic rings. The van der Waals surface area contributed by atoms with Gasteiger partial charge in [-0.15, -0.1) is 0 Å². The molecule has 0 saturated heterocycles. The number of nitrogen functional groups attached to an aromatic ring is 1. The molecule has 1 aromatic carbocycles. The molecule has 1 atom stereocenters. The van der Waals surface area contributed by atoms with Crippen molar-refractivity contribution in [2.24, 2.45) is 0 Å². The Morgan fingerprint density at radius 3 is 2.45 bits per heavy atom. The highest BCUT2D eigenvalue weighted by atomic mass is 16.4. The first kappa shape index (κ1) is 14.4. The largest absolute Gasteiger partial charge is 0.480 e. The Morgan fingerprint density at radius 1 is 1.35 bits per heavy atom. The van der Waals surface area contributed by atoms with Crippen molar-refractivity contribution in [1.29, 1.82) is 0 Å². The van der Waals surface area contributed by atoms with E-state index in [1.54, 1.807) is 0 Å². The number of hydrogen-bond acceptors (Lipinski definition) is 3. The fourth-order valence-corrected chi connectivity index (χ4v) is 2.27. The lowest BCUT2D eigenvalue weighted by molar-refractivity contribution is -0.145. The van der Waals surface area contributed by atoms with Gasteiger partial charge in [0.05, 0.1) is 0 Å². The van der Waals surface area contributed by atoms with Gasteiger partial charge < -0.3 is 15.7 Å². The van der Waals surface area contributed by atoms with Gasteiger partial charge in [0.2, 0.25) is 5.91 Å². The molecule has 108 valence electrons. The van der Waals surface area contributed by atoms with E-state index >= 15 is 0 Å². The van der Waals surface area contributed by atoms with Crippen molar-refractivity contribution in [1.82, 2.24) is 4.90 Å².